The minimum Gasteiger partial charge on any atom is -0.378 e. The molecule has 0 aliphatic carbocycles. The number of amides is 1. The topological polar surface area (TPSA) is 79.0 Å². The summed E-state index contributed by atoms with van der Waals surface area (Å²) < 4.78 is 5.80. The average Bonchev–Trinajstić information content (AvgIpc) is 2.91. The molecule has 0 saturated carbocycles. The Morgan fingerprint density at radius 1 is 1.50 bits per heavy atom. The van der Waals surface area contributed by atoms with Crippen molar-refractivity contribution in [1.82, 2.24) is 20.8 Å². The molecule has 6 heteroatoms. The maximum absolute atomic E-state index is 12.5. The zero-order valence-corrected chi connectivity index (χ0v) is 13.4. The molecule has 1 saturated heterocycles. The molecule has 1 aromatic rings. The summed E-state index contributed by atoms with van der Waals surface area (Å²) in [6.07, 6.45) is 3.99. The highest BCUT2D eigenvalue weighted by Crippen LogP contribution is 2.21. The number of H-pyrrole nitrogens is 1. The monoisotopic (exact) mass is 306 g/mol. The van der Waals surface area contributed by atoms with Gasteiger partial charge in [0.2, 0.25) is 0 Å². The molecule has 1 amide bonds. The van der Waals surface area contributed by atoms with Crippen molar-refractivity contribution >= 4 is 5.91 Å². The summed E-state index contributed by atoms with van der Waals surface area (Å²) in [5.74, 6) is 0.556. The number of nitrogens with one attached hydrogen (secondary N) is 3. The van der Waals surface area contributed by atoms with Crippen LogP contribution in [0.15, 0.2) is 0 Å². The summed E-state index contributed by atoms with van der Waals surface area (Å²) in [7, 11) is 0. The van der Waals surface area contributed by atoms with Crippen LogP contribution >= 0.6 is 0 Å². The highest BCUT2D eigenvalue weighted by molar-refractivity contribution is 5.94. The molecule has 0 spiro atoms. The predicted molar refractivity (Wildman–Crippen MR) is 83.7 cm³/mol. The average molecular weight is 306 g/mol. The number of fused-ring (bicyclic) bond motifs is 1. The molecule has 2 aliphatic rings. The Labute approximate surface area is 131 Å². The normalized spacial score (nSPS) is 25.0. The van der Waals surface area contributed by atoms with Gasteiger partial charge < -0.3 is 15.4 Å². The minimum absolute atomic E-state index is 0.0589. The lowest BCUT2D eigenvalue weighted by Crippen LogP contribution is -2.43. The molecule has 2 atom stereocenters. The molecule has 22 heavy (non-hydrogen) atoms. The Morgan fingerprint density at radius 2 is 2.36 bits per heavy atom. The van der Waals surface area contributed by atoms with E-state index in [0.29, 0.717) is 11.6 Å². The van der Waals surface area contributed by atoms with Gasteiger partial charge in [-0.05, 0) is 25.2 Å². The quantitative estimate of drug-likeness (QED) is 0.785. The standard InChI is InChI=1S/C16H26N4O2/c1-10(2)7-12-8-11(4-6-22-12)18-16(21)15-13-9-17-5-3-14(13)19-20-15/h10-12,17H,3-9H2,1-2H3,(H,18,21)(H,19,20). The maximum atomic E-state index is 12.5. The number of aromatic nitrogens is 2. The highest BCUT2D eigenvalue weighted by Gasteiger charge is 2.27. The maximum Gasteiger partial charge on any atom is 0.272 e. The van der Waals surface area contributed by atoms with E-state index in [1.165, 1.54) is 0 Å². The Hall–Kier alpha value is -1.40. The zero-order chi connectivity index (χ0) is 15.5. The molecule has 1 fully saturated rings. The molecular weight excluding hydrogens is 280 g/mol. The zero-order valence-electron chi connectivity index (χ0n) is 13.4. The van der Waals surface area contributed by atoms with Crippen molar-refractivity contribution in [2.45, 2.75) is 58.2 Å². The molecule has 3 heterocycles. The van der Waals surface area contributed by atoms with E-state index in [-0.39, 0.29) is 18.1 Å². The lowest BCUT2D eigenvalue weighted by Gasteiger charge is -2.31. The van der Waals surface area contributed by atoms with Crippen LogP contribution in [0.1, 0.15) is 54.9 Å². The van der Waals surface area contributed by atoms with E-state index < -0.39 is 0 Å². The van der Waals surface area contributed by atoms with Gasteiger partial charge in [0.1, 0.15) is 0 Å². The first kappa shape index (κ1) is 15.5. The molecule has 2 aliphatic heterocycles. The van der Waals surface area contributed by atoms with Crippen LogP contribution in [0.2, 0.25) is 0 Å². The Kier molecular flexibility index (Phi) is 4.78. The predicted octanol–water partition coefficient (Wildman–Crippen LogP) is 1.38. The van der Waals surface area contributed by atoms with Crippen LogP contribution in [0, 0.1) is 5.92 Å². The van der Waals surface area contributed by atoms with E-state index in [9.17, 15) is 4.79 Å². The van der Waals surface area contributed by atoms with E-state index in [4.69, 9.17) is 4.74 Å². The number of aromatic amines is 1. The molecule has 6 nitrogen and oxygen atoms in total. The number of hydrogen-bond donors (Lipinski definition) is 3. The lowest BCUT2D eigenvalue weighted by molar-refractivity contribution is -0.00850. The van der Waals surface area contributed by atoms with E-state index in [0.717, 1.165) is 56.6 Å². The van der Waals surface area contributed by atoms with Gasteiger partial charge >= 0.3 is 0 Å². The third-order valence-corrected chi connectivity index (χ3v) is 4.46. The number of carbonyl (C=O) groups is 1. The molecule has 0 bridgehead atoms. The van der Waals surface area contributed by atoms with Crippen molar-refractivity contribution in [2.75, 3.05) is 13.2 Å². The smallest absolute Gasteiger partial charge is 0.272 e. The highest BCUT2D eigenvalue weighted by atomic mass is 16.5. The fourth-order valence-corrected chi connectivity index (χ4v) is 3.37. The second-order valence-electron chi connectivity index (χ2n) is 6.77. The SMILES string of the molecule is CC(C)CC1CC(NC(=O)c2n[nH]c3c2CNCC3)CCO1. The molecule has 0 aromatic carbocycles. The number of ether oxygens (including phenoxy) is 1. The fourth-order valence-electron chi connectivity index (χ4n) is 3.37. The molecule has 2 unspecified atom stereocenters. The van der Waals surface area contributed by atoms with Crippen LogP contribution < -0.4 is 10.6 Å². The van der Waals surface area contributed by atoms with E-state index >= 15 is 0 Å². The molecule has 1 aromatic heterocycles. The number of nitrogens with zero attached hydrogens (tertiary/aromatic N) is 1. The second-order valence-corrected chi connectivity index (χ2v) is 6.77. The summed E-state index contributed by atoms with van der Waals surface area (Å²) in [5.41, 5.74) is 2.66. The second kappa shape index (κ2) is 6.79. The lowest BCUT2D eigenvalue weighted by atomic mass is 9.96. The van der Waals surface area contributed by atoms with Gasteiger partial charge in [-0.15, -0.1) is 0 Å². The van der Waals surface area contributed by atoms with E-state index in [1.807, 2.05) is 0 Å². The summed E-state index contributed by atoms with van der Waals surface area (Å²) in [5, 5.41) is 13.7. The first-order valence-corrected chi connectivity index (χ1v) is 8.32. The van der Waals surface area contributed by atoms with Crippen molar-refractivity contribution in [1.29, 1.82) is 0 Å². The van der Waals surface area contributed by atoms with Gasteiger partial charge in [-0.1, -0.05) is 13.8 Å². The van der Waals surface area contributed by atoms with E-state index in [1.54, 1.807) is 0 Å². The van der Waals surface area contributed by atoms with Crippen molar-refractivity contribution < 1.29 is 9.53 Å². The van der Waals surface area contributed by atoms with Gasteiger partial charge in [-0.25, -0.2) is 0 Å². The summed E-state index contributed by atoms with van der Waals surface area (Å²) in [6.45, 7) is 6.79. The van der Waals surface area contributed by atoms with Crippen molar-refractivity contribution in [2.24, 2.45) is 5.92 Å². The van der Waals surface area contributed by atoms with Crippen LogP contribution in [0.25, 0.3) is 0 Å². The Morgan fingerprint density at radius 3 is 3.18 bits per heavy atom. The molecule has 3 rings (SSSR count). The minimum atomic E-state index is -0.0589. The van der Waals surface area contributed by atoms with Gasteiger partial charge in [0.05, 0.1) is 6.10 Å². The first-order valence-electron chi connectivity index (χ1n) is 8.32. The summed E-state index contributed by atoms with van der Waals surface area (Å²) >= 11 is 0. The van der Waals surface area contributed by atoms with Crippen LogP contribution in [-0.4, -0.2) is 41.4 Å². The van der Waals surface area contributed by atoms with Crippen LogP contribution in [0.5, 0.6) is 0 Å². The summed E-state index contributed by atoms with van der Waals surface area (Å²) in [4.78, 5) is 12.5. The van der Waals surface area contributed by atoms with Crippen molar-refractivity contribution in [3.8, 4) is 0 Å². The van der Waals surface area contributed by atoms with Crippen LogP contribution in [0.3, 0.4) is 0 Å². The van der Waals surface area contributed by atoms with Gasteiger partial charge in [-0.2, -0.15) is 5.10 Å². The fraction of sp³-hybridized carbons (Fsp3) is 0.750. The number of rotatable bonds is 4. The molecule has 3 N–H and O–H groups in total. The van der Waals surface area contributed by atoms with Gasteiger partial charge in [0.25, 0.3) is 5.91 Å². The largest absolute Gasteiger partial charge is 0.378 e. The van der Waals surface area contributed by atoms with Gasteiger partial charge in [0.15, 0.2) is 5.69 Å². The van der Waals surface area contributed by atoms with Crippen molar-refractivity contribution in [3.05, 3.63) is 17.0 Å². The Bertz CT molecular complexity index is 526. The molecule has 0 radical (unpaired) electrons. The van der Waals surface area contributed by atoms with Crippen molar-refractivity contribution in [3.63, 3.8) is 0 Å². The van der Waals surface area contributed by atoms with E-state index in [2.05, 4.69) is 34.7 Å². The van der Waals surface area contributed by atoms with Gasteiger partial charge in [0, 0.05) is 43.4 Å². The number of hydrogen-bond acceptors (Lipinski definition) is 4. The van der Waals surface area contributed by atoms with Crippen LogP contribution in [-0.2, 0) is 17.7 Å². The molecular formula is C16H26N4O2. The molecule has 122 valence electrons. The Balaban J connectivity index is 1.60. The first-order chi connectivity index (χ1) is 10.6. The third kappa shape index (κ3) is 3.50. The van der Waals surface area contributed by atoms with Crippen LogP contribution in [0.4, 0.5) is 0 Å². The van der Waals surface area contributed by atoms with Gasteiger partial charge in [-0.3, -0.25) is 9.89 Å². The third-order valence-electron chi connectivity index (χ3n) is 4.46. The summed E-state index contributed by atoms with van der Waals surface area (Å²) in [6, 6.07) is 0.189. The number of carbonyl (C=O) groups excluding carboxylic acids is 1.